The molecule has 1 aromatic heterocycles. The summed E-state index contributed by atoms with van der Waals surface area (Å²) in [6, 6.07) is 7.13. The van der Waals surface area contributed by atoms with Crippen molar-refractivity contribution in [1.82, 2.24) is 13.9 Å². The fraction of sp³-hybridized carbons (Fsp3) is 0.476. The molecule has 8 nitrogen and oxygen atoms in total. The van der Waals surface area contributed by atoms with Crippen LogP contribution in [0.15, 0.2) is 40.0 Å². The molecule has 0 aliphatic carbocycles. The second-order valence-electron chi connectivity index (χ2n) is 7.70. The van der Waals surface area contributed by atoms with Crippen LogP contribution in [0.2, 0.25) is 0 Å². The molecule has 3 rings (SSSR count). The summed E-state index contributed by atoms with van der Waals surface area (Å²) in [5, 5.41) is 2.74. The summed E-state index contributed by atoms with van der Waals surface area (Å²) in [4.78, 5) is 28.9. The number of carbonyl (C=O) groups excluding carboxylic acids is 1. The molecule has 1 aliphatic rings. The monoisotopic (exact) mass is 432 g/mol. The van der Waals surface area contributed by atoms with E-state index in [9.17, 15) is 18.0 Å². The SMILES string of the molecule is Cc1cc(C)n(C(C)C(=O)Nc2ccc(S(=O)(=O)N3CCCCCC3)cc2)c(=O)n1. The molecule has 1 fully saturated rings. The third-order valence-corrected chi connectivity index (χ3v) is 7.28. The molecular formula is C21H28N4O4S. The number of amides is 1. The number of aryl methyl sites for hydroxylation is 2. The van der Waals surface area contributed by atoms with E-state index in [0.717, 1.165) is 25.7 Å². The molecule has 1 aromatic carbocycles. The van der Waals surface area contributed by atoms with Crippen molar-refractivity contribution < 1.29 is 13.2 Å². The normalized spacial score (nSPS) is 16.6. The number of carbonyl (C=O) groups is 1. The number of rotatable bonds is 5. The molecule has 0 bridgehead atoms. The van der Waals surface area contributed by atoms with Crippen molar-refractivity contribution in [3.05, 3.63) is 52.2 Å². The standard InChI is InChI=1S/C21H28N4O4S/c1-15-14-16(2)25(21(27)22-15)17(3)20(26)23-18-8-10-19(11-9-18)30(28,29)24-12-6-4-5-7-13-24/h8-11,14,17H,4-7,12-13H2,1-3H3,(H,23,26). The number of aromatic nitrogens is 2. The number of benzene rings is 1. The van der Waals surface area contributed by atoms with Gasteiger partial charge in [-0.05, 0) is 63.9 Å². The van der Waals surface area contributed by atoms with Crippen LogP contribution in [0.5, 0.6) is 0 Å². The van der Waals surface area contributed by atoms with E-state index in [-0.39, 0.29) is 10.8 Å². The minimum Gasteiger partial charge on any atom is -0.324 e. The highest BCUT2D eigenvalue weighted by Crippen LogP contribution is 2.22. The van der Waals surface area contributed by atoms with Crippen LogP contribution >= 0.6 is 0 Å². The van der Waals surface area contributed by atoms with Gasteiger partial charge in [-0.1, -0.05) is 12.8 Å². The van der Waals surface area contributed by atoms with Crippen molar-refractivity contribution >= 4 is 21.6 Å². The van der Waals surface area contributed by atoms with Gasteiger partial charge in [0.25, 0.3) is 0 Å². The Labute approximate surface area is 177 Å². The molecule has 2 aromatic rings. The Bertz CT molecular complexity index is 1070. The first-order chi connectivity index (χ1) is 14.2. The minimum atomic E-state index is -3.54. The summed E-state index contributed by atoms with van der Waals surface area (Å²) in [6.07, 6.45) is 3.85. The quantitative estimate of drug-likeness (QED) is 0.783. The van der Waals surface area contributed by atoms with Gasteiger partial charge in [0.1, 0.15) is 6.04 Å². The van der Waals surface area contributed by atoms with Gasteiger partial charge >= 0.3 is 5.69 Å². The van der Waals surface area contributed by atoms with Crippen LogP contribution in [0.3, 0.4) is 0 Å². The highest BCUT2D eigenvalue weighted by atomic mass is 32.2. The lowest BCUT2D eigenvalue weighted by Gasteiger charge is -2.20. The van der Waals surface area contributed by atoms with E-state index < -0.39 is 21.8 Å². The van der Waals surface area contributed by atoms with Crippen molar-refractivity contribution in [3.8, 4) is 0 Å². The lowest BCUT2D eigenvalue weighted by molar-refractivity contribution is -0.118. The van der Waals surface area contributed by atoms with Crippen LogP contribution in [0.1, 0.15) is 50.0 Å². The van der Waals surface area contributed by atoms with Crippen LogP contribution in [0.25, 0.3) is 0 Å². The maximum absolute atomic E-state index is 12.9. The second-order valence-corrected chi connectivity index (χ2v) is 9.64. The number of nitrogens with zero attached hydrogens (tertiary/aromatic N) is 3. The Hall–Kier alpha value is -2.52. The highest BCUT2D eigenvalue weighted by molar-refractivity contribution is 7.89. The predicted octanol–water partition coefficient (Wildman–Crippen LogP) is 2.62. The number of nitrogens with one attached hydrogen (secondary N) is 1. The Morgan fingerprint density at radius 3 is 2.23 bits per heavy atom. The molecule has 162 valence electrons. The molecule has 0 saturated carbocycles. The van der Waals surface area contributed by atoms with Crippen molar-refractivity contribution in [2.75, 3.05) is 18.4 Å². The van der Waals surface area contributed by atoms with Crippen molar-refractivity contribution in [2.45, 2.75) is 57.4 Å². The van der Waals surface area contributed by atoms with Gasteiger partial charge < -0.3 is 5.32 Å². The molecule has 1 saturated heterocycles. The zero-order valence-electron chi connectivity index (χ0n) is 17.6. The number of sulfonamides is 1. The molecule has 9 heteroatoms. The molecule has 1 atom stereocenters. The number of anilines is 1. The maximum Gasteiger partial charge on any atom is 0.348 e. The molecule has 1 amide bonds. The lowest BCUT2D eigenvalue weighted by Crippen LogP contribution is -2.34. The van der Waals surface area contributed by atoms with E-state index in [1.165, 1.54) is 21.0 Å². The van der Waals surface area contributed by atoms with Crippen LogP contribution in [0, 0.1) is 13.8 Å². The Kier molecular flexibility index (Phi) is 6.72. The van der Waals surface area contributed by atoms with E-state index in [1.807, 2.05) is 0 Å². The van der Waals surface area contributed by atoms with Gasteiger partial charge in [0.05, 0.1) is 4.90 Å². The van der Waals surface area contributed by atoms with Crippen LogP contribution < -0.4 is 11.0 Å². The van der Waals surface area contributed by atoms with Crippen molar-refractivity contribution in [2.24, 2.45) is 0 Å². The summed E-state index contributed by atoms with van der Waals surface area (Å²) >= 11 is 0. The third-order valence-electron chi connectivity index (χ3n) is 5.37. The molecule has 1 N–H and O–H groups in total. The largest absolute Gasteiger partial charge is 0.348 e. The molecule has 2 heterocycles. The van der Waals surface area contributed by atoms with Gasteiger partial charge in [0.15, 0.2) is 0 Å². The first-order valence-electron chi connectivity index (χ1n) is 10.2. The number of hydrogen-bond acceptors (Lipinski definition) is 5. The van der Waals surface area contributed by atoms with Gasteiger partial charge in [-0.25, -0.2) is 13.2 Å². The molecule has 30 heavy (non-hydrogen) atoms. The minimum absolute atomic E-state index is 0.213. The molecular weight excluding hydrogens is 404 g/mol. The van der Waals surface area contributed by atoms with E-state index in [1.54, 1.807) is 39.0 Å². The van der Waals surface area contributed by atoms with Crippen molar-refractivity contribution in [1.29, 1.82) is 0 Å². The fourth-order valence-corrected chi connectivity index (χ4v) is 5.25. The summed E-state index contributed by atoms with van der Waals surface area (Å²) < 4.78 is 28.6. The molecule has 1 unspecified atom stereocenters. The van der Waals surface area contributed by atoms with E-state index in [2.05, 4.69) is 10.3 Å². The summed E-state index contributed by atoms with van der Waals surface area (Å²) in [6.45, 7) is 6.18. The highest BCUT2D eigenvalue weighted by Gasteiger charge is 2.25. The van der Waals surface area contributed by atoms with Crippen LogP contribution in [0.4, 0.5) is 5.69 Å². The van der Waals surface area contributed by atoms with E-state index >= 15 is 0 Å². The average molecular weight is 433 g/mol. The summed E-state index contributed by atoms with van der Waals surface area (Å²) in [5.41, 5.74) is 1.23. The zero-order valence-corrected chi connectivity index (χ0v) is 18.4. The van der Waals surface area contributed by atoms with Gasteiger partial charge in [-0.3, -0.25) is 9.36 Å². The van der Waals surface area contributed by atoms with Crippen molar-refractivity contribution in [3.63, 3.8) is 0 Å². The van der Waals surface area contributed by atoms with Gasteiger partial charge in [0.2, 0.25) is 15.9 Å². The smallest absolute Gasteiger partial charge is 0.324 e. The predicted molar refractivity (Wildman–Crippen MR) is 115 cm³/mol. The Morgan fingerprint density at radius 1 is 1.07 bits per heavy atom. The molecule has 0 spiro atoms. The van der Waals surface area contributed by atoms with Gasteiger partial charge in [0, 0.05) is 30.2 Å². The van der Waals surface area contributed by atoms with E-state index in [0.29, 0.717) is 30.2 Å². The maximum atomic E-state index is 12.9. The summed E-state index contributed by atoms with van der Waals surface area (Å²) in [7, 11) is -3.54. The van der Waals surface area contributed by atoms with E-state index in [4.69, 9.17) is 0 Å². The second kappa shape index (κ2) is 9.09. The molecule has 1 aliphatic heterocycles. The third kappa shape index (κ3) is 4.79. The Balaban J connectivity index is 1.74. The topological polar surface area (TPSA) is 101 Å². The van der Waals surface area contributed by atoms with Gasteiger partial charge in [-0.2, -0.15) is 9.29 Å². The lowest BCUT2D eigenvalue weighted by atomic mass is 10.2. The Morgan fingerprint density at radius 2 is 1.67 bits per heavy atom. The van der Waals surface area contributed by atoms with Crippen LogP contribution in [-0.2, 0) is 14.8 Å². The first-order valence-corrected chi connectivity index (χ1v) is 11.6. The number of hydrogen-bond donors (Lipinski definition) is 1. The summed E-state index contributed by atoms with van der Waals surface area (Å²) in [5.74, 6) is -0.381. The van der Waals surface area contributed by atoms with Gasteiger partial charge in [-0.15, -0.1) is 0 Å². The zero-order chi connectivity index (χ0) is 21.9. The average Bonchev–Trinajstić information content (AvgIpc) is 2.97. The fourth-order valence-electron chi connectivity index (χ4n) is 3.74. The van der Waals surface area contributed by atoms with Crippen LogP contribution in [-0.4, -0.2) is 41.3 Å². The first kappa shape index (κ1) is 22.2. The molecule has 0 radical (unpaired) electrons.